The molecule has 0 aliphatic heterocycles. The number of benzene rings is 1. The van der Waals surface area contributed by atoms with Crippen LogP contribution in [0, 0.1) is 6.92 Å². The van der Waals surface area contributed by atoms with E-state index in [2.05, 4.69) is 14.2 Å². The van der Waals surface area contributed by atoms with Crippen LogP contribution in [-0.2, 0) is 28.6 Å². The third kappa shape index (κ3) is 6.14. The average molecular weight is 348 g/mol. The van der Waals surface area contributed by atoms with E-state index in [1.165, 1.54) is 39.6 Å². The number of rotatable bonds is 7. The molecule has 0 atom stereocenters. The molecule has 0 aliphatic rings. The molecule has 0 unspecified atom stereocenters. The Morgan fingerprint density at radius 3 is 2.20 bits per heavy atom. The maximum absolute atomic E-state index is 11.8. The first kappa shape index (κ1) is 20.0. The third-order valence-corrected chi connectivity index (χ3v) is 3.07. The molecular formula is C18H20O7. The number of esters is 3. The Hall–Kier alpha value is -3.09. The lowest BCUT2D eigenvalue weighted by Gasteiger charge is -2.10. The maximum atomic E-state index is 11.8. The molecule has 0 bridgehead atoms. The highest BCUT2D eigenvalue weighted by molar-refractivity contribution is 6.17. The molecule has 0 radical (unpaired) electrons. The van der Waals surface area contributed by atoms with Crippen LogP contribution in [0.15, 0.2) is 35.9 Å². The van der Waals surface area contributed by atoms with Gasteiger partial charge in [-0.05, 0) is 31.2 Å². The minimum absolute atomic E-state index is 0.102. The van der Waals surface area contributed by atoms with Crippen molar-refractivity contribution in [1.29, 1.82) is 0 Å². The standard InChI is InChI=1S/C18H20O7/c1-12-7-8-15(25-9-5-6-16(19)22-2)13(10-12)11-14(17(20)23-3)18(21)24-4/h5-8,10-11H,9H2,1-4H3/b6-5+. The van der Waals surface area contributed by atoms with Gasteiger partial charge in [0.1, 0.15) is 17.9 Å². The number of carbonyl (C=O) groups excluding carboxylic acids is 3. The molecule has 0 saturated carbocycles. The molecule has 0 N–H and O–H groups in total. The predicted molar refractivity (Wildman–Crippen MR) is 89.8 cm³/mol. The van der Waals surface area contributed by atoms with Crippen LogP contribution in [-0.4, -0.2) is 45.8 Å². The summed E-state index contributed by atoms with van der Waals surface area (Å²) in [6, 6.07) is 5.25. The van der Waals surface area contributed by atoms with Gasteiger partial charge in [-0.25, -0.2) is 14.4 Å². The fraction of sp³-hybridized carbons (Fsp3) is 0.278. The molecule has 0 spiro atoms. The van der Waals surface area contributed by atoms with E-state index in [1.807, 2.05) is 13.0 Å². The molecule has 0 aromatic heterocycles. The van der Waals surface area contributed by atoms with E-state index in [9.17, 15) is 14.4 Å². The highest BCUT2D eigenvalue weighted by atomic mass is 16.5. The molecule has 0 aliphatic carbocycles. The van der Waals surface area contributed by atoms with Crippen LogP contribution in [0.1, 0.15) is 11.1 Å². The van der Waals surface area contributed by atoms with Crippen molar-refractivity contribution in [3.8, 4) is 5.75 Å². The van der Waals surface area contributed by atoms with Crippen LogP contribution >= 0.6 is 0 Å². The highest BCUT2D eigenvalue weighted by Crippen LogP contribution is 2.23. The smallest absolute Gasteiger partial charge is 0.345 e. The lowest BCUT2D eigenvalue weighted by atomic mass is 10.1. The topological polar surface area (TPSA) is 88.1 Å². The van der Waals surface area contributed by atoms with Gasteiger partial charge in [-0.3, -0.25) is 0 Å². The fourth-order valence-electron chi connectivity index (χ4n) is 1.84. The summed E-state index contributed by atoms with van der Waals surface area (Å²) < 4.78 is 19.3. The van der Waals surface area contributed by atoms with Gasteiger partial charge in [0.25, 0.3) is 0 Å². The Labute approximate surface area is 145 Å². The van der Waals surface area contributed by atoms with Gasteiger partial charge in [0.2, 0.25) is 0 Å². The number of methoxy groups -OCH3 is 3. The molecule has 0 saturated heterocycles. The van der Waals surface area contributed by atoms with Gasteiger partial charge < -0.3 is 18.9 Å². The van der Waals surface area contributed by atoms with E-state index in [0.29, 0.717) is 11.3 Å². The molecule has 7 heteroatoms. The lowest BCUT2D eigenvalue weighted by Crippen LogP contribution is -2.15. The van der Waals surface area contributed by atoms with Crippen molar-refractivity contribution >= 4 is 24.0 Å². The zero-order valence-corrected chi connectivity index (χ0v) is 14.5. The van der Waals surface area contributed by atoms with Crippen molar-refractivity contribution in [3.63, 3.8) is 0 Å². The zero-order valence-electron chi connectivity index (χ0n) is 14.5. The number of aryl methyl sites for hydroxylation is 1. The van der Waals surface area contributed by atoms with Crippen molar-refractivity contribution in [2.45, 2.75) is 6.92 Å². The predicted octanol–water partition coefficient (Wildman–Crippen LogP) is 1.83. The van der Waals surface area contributed by atoms with Crippen LogP contribution < -0.4 is 4.74 Å². The minimum Gasteiger partial charge on any atom is -0.489 e. The van der Waals surface area contributed by atoms with Gasteiger partial charge >= 0.3 is 17.9 Å². The highest BCUT2D eigenvalue weighted by Gasteiger charge is 2.20. The van der Waals surface area contributed by atoms with E-state index < -0.39 is 17.9 Å². The summed E-state index contributed by atoms with van der Waals surface area (Å²) in [6.07, 6.45) is 4.06. The third-order valence-electron chi connectivity index (χ3n) is 3.07. The van der Waals surface area contributed by atoms with Crippen molar-refractivity contribution in [2.24, 2.45) is 0 Å². The normalized spacial score (nSPS) is 10.1. The van der Waals surface area contributed by atoms with Crippen molar-refractivity contribution in [1.82, 2.24) is 0 Å². The van der Waals surface area contributed by atoms with Crippen LogP contribution in [0.4, 0.5) is 0 Å². The Kier molecular flexibility index (Phi) is 7.92. The second-order valence-electron chi connectivity index (χ2n) is 4.82. The largest absolute Gasteiger partial charge is 0.489 e. The molecule has 0 heterocycles. The van der Waals surface area contributed by atoms with Crippen LogP contribution in [0.25, 0.3) is 6.08 Å². The molecule has 0 amide bonds. The van der Waals surface area contributed by atoms with Crippen molar-refractivity contribution in [3.05, 3.63) is 47.1 Å². The van der Waals surface area contributed by atoms with Gasteiger partial charge in [0.15, 0.2) is 0 Å². The maximum Gasteiger partial charge on any atom is 0.345 e. The minimum atomic E-state index is -0.815. The van der Waals surface area contributed by atoms with Crippen LogP contribution in [0.2, 0.25) is 0 Å². The number of carbonyl (C=O) groups is 3. The lowest BCUT2D eigenvalue weighted by molar-refractivity contribution is -0.144. The first-order valence-electron chi connectivity index (χ1n) is 7.29. The first-order valence-corrected chi connectivity index (χ1v) is 7.29. The molecule has 25 heavy (non-hydrogen) atoms. The SMILES string of the molecule is COC(=O)/C=C/COc1ccc(C)cc1C=C(C(=O)OC)C(=O)OC. The molecular weight excluding hydrogens is 328 g/mol. The molecule has 0 fully saturated rings. The van der Waals surface area contributed by atoms with Crippen LogP contribution in [0.5, 0.6) is 5.75 Å². The number of ether oxygens (including phenoxy) is 4. The van der Waals surface area contributed by atoms with E-state index in [0.717, 1.165) is 5.56 Å². The van der Waals surface area contributed by atoms with E-state index in [4.69, 9.17) is 4.74 Å². The molecule has 1 aromatic rings. The first-order chi connectivity index (χ1) is 11.9. The van der Waals surface area contributed by atoms with E-state index >= 15 is 0 Å². The molecule has 7 nitrogen and oxygen atoms in total. The van der Waals surface area contributed by atoms with Crippen molar-refractivity contribution in [2.75, 3.05) is 27.9 Å². The molecule has 134 valence electrons. The van der Waals surface area contributed by atoms with E-state index in [-0.39, 0.29) is 12.2 Å². The summed E-state index contributed by atoms with van der Waals surface area (Å²) in [7, 11) is 3.62. The number of hydrogen-bond acceptors (Lipinski definition) is 7. The molecule has 1 rings (SSSR count). The summed E-state index contributed by atoms with van der Waals surface area (Å²) in [5.41, 5.74) is 1.14. The monoisotopic (exact) mass is 348 g/mol. The number of hydrogen-bond donors (Lipinski definition) is 0. The summed E-state index contributed by atoms with van der Waals surface area (Å²) >= 11 is 0. The summed E-state index contributed by atoms with van der Waals surface area (Å²) in [6.45, 7) is 1.96. The fourth-order valence-corrected chi connectivity index (χ4v) is 1.84. The summed E-state index contributed by atoms with van der Waals surface area (Å²) in [5, 5.41) is 0. The van der Waals surface area contributed by atoms with Gasteiger partial charge in [0.05, 0.1) is 21.3 Å². The Balaban J connectivity index is 3.12. The second-order valence-corrected chi connectivity index (χ2v) is 4.82. The Bertz CT molecular complexity index is 683. The van der Waals surface area contributed by atoms with Crippen molar-refractivity contribution < 1.29 is 33.3 Å². The Morgan fingerprint density at radius 2 is 1.64 bits per heavy atom. The van der Waals surface area contributed by atoms with E-state index in [1.54, 1.807) is 12.1 Å². The van der Waals surface area contributed by atoms with Crippen LogP contribution in [0.3, 0.4) is 0 Å². The second kappa shape index (κ2) is 9.92. The Morgan fingerprint density at radius 1 is 1.00 bits per heavy atom. The van der Waals surface area contributed by atoms with Gasteiger partial charge in [-0.15, -0.1) is 0 Å². The van der Waals surface area contributed by atoms with Gasteiger partial charge in [-0.1, -0.05) is 11.6 Å². The summed E-state index contributed by atoms with van der Waals surface area (Å²) in [5.74, 6) is -1.70. The van der Waals surface area contributed by atoms with Gasteiger partial charge in [-0.2, -0.15) is 0 Å². The quantitative estimate of drug-likeness (QED) is 0.244. The molecule has 1 aromatic carbocycles. The zero-order chi connectivity index (χ0) is 18.8. The average Bonchev–Trinajstić information content (AvgIpc) is 2.62. The summed E-state index contributed by atoms with van der Waals surface area (Å²) in [4.78, 5) is 34.6. The van der Waals surface area contributed by atoms with Gasteiger partial charge in [0, 0.05) is 11.6 Å².